The Morgan fingerprint density at radius 3 is 2.06 bits per heavy atom. The Morgan fingerprint density at radius 1 is 0.812 bits per heavy atom. The molecule has 0 radical (unpaired) electrons. The second kappa shape index (κ2) is 4.84. The zero-order valence-corrected chi connectivity index (χ0v) is 9.83. The predicted molar refractivity (Wildman–Crippen MR) is 69.7 cm³/mol. The van der Waals surface area contributed by atoms with Crippen LogP contribution in [0.25, 0.3) is 0 Å². The molecule has 0 unspecified atom stereocenters. The number of hydrogen-bond acceptors (Lipinski definition) is 1. The Morgan fingerprint density at radius 2 is 1.44 bits per heavy atom. The lowest BCUT2D eigenvalue weighted by atomic mass is 10.1. The quantitative estimate of drug-likeness (QED) is 0.811. The summed E-state index contributed by atoms with van der Waals surface area (Å²) in [7, 11) is 0. The van der Waals surface area contributed by atoms with Crippen molar-refractivity contribution in [1.82, 2.24) is 0 Å². The minimum absolute atomic E-state index is 0.881. The molecule has 1 nitrogen and oxygen atoms in total. The van der Waals surface area contributed by atoms with Gasteiger partial charge in [-0.2, -0.15) is 0 Å². The highest BCUT2D eigenvalue weighted by atomic mass is 14.9. The molecule has 0 saturated heterocycles. The maximum atomic E-state index is 3.50. The van der Waals surface area contributed by atoms with Gasteiger partial charge in [-0.3, -0.25) is 0 Å². The minimum Gasteiger partial charge on any atom is -0.381 e. The molecule has 0 aliphatic rings. The summed E-state index contributed by atoms with van der Waals surface area (Å²) in [5.41, 5.74) is 5.17. The predicted octanol–water partition coefficient (Wildman–Crippen LogP) is 3.92. The number of hydrogen-bond donors (Lipinski definition) is 1. The molecule has 0 saturated carbocycles. The lowest BCUT2D eigenvalue weighted by molar-refractivity contribution is 1.13. The van der Waals surface area contributed by atoms with Crippen LogP contribution < -0.4 is 5.32 Å². The van der Waals surface area contributed by atoms with Crippen molar-refractivity contribution in [2.75, 3.05) is 5.32 Å². The lowest BCUT2D eigenvalue weighted by Crippen LogP contribution is -2.02. The maximum Gasteiger partial charge on any atom is 0.0402 e. The van der Waals surface area contributed by atoms with E-state index in [1.165, 1.54) is 22.4 Å². The van der Waals surface area contributed by atoms with Gasteiger partial charge in [0.25, 0.3) is 0 Å². The summed E-state index contributed by atoms with van der Waals surface area (Å²) < 4.78 is 0. The zero-order chi connectivity index (χ0) is 11.4. The molecule has 0 spiro atoms. The summed E-state index contributed by atoms with van der Waals surface area (Å²) in [6.07, 6.45) is 0. The fraction of sp³-hybridized carbons (Fsp3) is 0.200. The molecular formula is C15H17N. The summed E-state index contributed by atoms with van der Waals surface area (Å²) in [6.45, 7) is 5.16. The van der Waals surface area contributed by atoms with Crippen molar-refractivity contribution < 1.29 is 0 Å². The van der Waals surface area contributed by atoms with Gasteiger partial charge < -0.3 is 5.32 Å². The number of anilines is 1. The van der Waals surface area contributed by atoms with E-state index < -0.39 is 0 Å². The van der Waals surface area contributed by atoms with E-state index >= 15 is 0 Å². The van der Waals surface area contributed by atoms with Crippen LogP contribution >= 0.6 is 0 Å². The Hall–Kier alpha value is -1.76. The van der Waals surface area contributed by atoms with Crippen molar-refractivity contribution >= 4 is 5.69 Å². The normalized spacial score (nSPS) is 10.1. The molecule has 0 aliphatic heterocycles. The van der Waals surface area contributed by atoms with E-state index in [1.54, 1.807) is 0 Å². The molecule has 1 heteroatoms. The van der Waals surface area contributed by atoms with Gasteiger partial charge in [-0.1, -0.05) is 48.5 Å². The standard InChI is InChI=1S/C15H17N/c1-12-7-6-8-13(2)15(12)16-11-14-9-4-3-5-10-14/h3-10,16H,11H2,1-2H3. The first kappa shape index (κ1) is 10.7. The van der Waals surface area contributed by atoms with Crippen molar-refractivity contribution in [2.24, 2.45) is 0 Å². The summed E-state index contributed by atoms with van der Waals surface area (Å²) in [4.78, 5) is 0. The van der Waals surface area contributed by atoms with Crippen LogP contribution in [0, 0.1) is 13.8 Å². The molecule has 0 aromatic heterocycles. The van der Waals surface area contributed by atoms with Crippen molar-refractivity contribution in [3.63, 3.8) is 0 Å². The average molecular weight is 211 g/mol. The van der Waals surface area contributed by atoms with Crippen LogP contribution in [0.5, 0.6) is 0 Å². The summed E-state index contributed by atoms with van der Waals surface area (Å²) in [5, 5.41) is 3.50. The summed E-state index contributed by atoms with van der Waals surface area (Å²) in [5.74, 6) is 0. The minimum atomic E-state index is 0.881. The van der Waals surface area contributed by atoms with Crippen LogP contribution in [0.3, 0.4) is 0 Å². The van der Waals surface area contributed by atoms with Crippen LogP contribution in [-0.2, 0) is 6.54 Å². The molecule has 2 rings (SSSR count). The van der Waals surface area contributed by atoms with E-state index in [-0.39, 0.29) is 0 Å². The molecule has 82 valence electrons. The van der Waals surface area contributed by atoms with Gasteiger partial charge in [-0.25, -0.2) is 0 Å². The van der Waals surface area contributed by atoms with Gasteiger partial charge in [0, 0.05) is 12.2 Å². The second-order valence-corrected chi connectivity index (χ2v) is 4.11. The van der Waals surface area contributed by atoms with Gasteiger partial charge in [0.1, 0.15) is 0 Å². The topological polar surface area (TPSA) is 12.0 Å². The molecule has 2 aromatic carbocycles. The van der Waals surface area contributed by atoms with Crippen molar-refractivity contribution in [3.8, 4) is 0 Å². The summed E-state index contributed by atoms with van der Waals surface area (Å²) in [6, 6.07) is 16.8. The molecule has 0 bridgehead atoms. The summed E-state index contributed by atoms with van der Waals surface area (Å²) >= 11 is 0. The van der Waals surface area contributed by atoms with Crippen LogP contribution in [0.1, 0.15) is 16.7 Å². The van der Waals surface area contributed by atoms with Gasteiger partial charge >= 0.3 is 0 Å². The molecule has 0 heterocycles. The van der Waals surface area contributed by atoms with Crippen molar-refractivity contribution in [3.05, 3.63) is 65.2 Å². The van der Waals surface area contributed by atoms with E-state index in [0.29, 0.717) is 0 Å². The third-order valence-corrected chi connectivity index (χ3v) is 2.79. The number of para-hydroxylation sites is 1. The molecule has 0 fully saturated rings. The molecule has 0 amide bonds. The zero-order valence-electron chi connectivity index (χ0n) is 9.83. The maximum absolute atomic E-state index is 3.50. The third kappa shape index (κ3) is 2.43. The number of nitrogens with one attached hydrogen (secondary N) is 1. The van der Waals surface area contributed by atoms with Crippen LogP contribution in [0.15, 0.2) is 48.5 Å². The van der Waals surface area contributed by atoms with E-state index in [2.05, 4.69) is 61.6 Å². The van der Waals surface area contributed by atoms with E-state index in [4.69, 9.17) is 0 Å². The monoisotopic (exact) mass is 211 g/mol. The van der Waals surface area contributed by atoms with Crippen molar-refractivity contribution in [1.29, 1.82) is 0 Å². The molecule has 2 aromatic rings. The highest BCUT2D eigenvalue weighted by Gasteiger charge is 2.00. The van der Waals surface area contributed by atoms with Crippen molar-refractivity contribution in [2.45, 2.75) is 20.4 Å². The number of benzene rings is 2. The first-order valence-corrected chi connectivity index (χ1v) is 5.61. The highest BCUT2D eigenvalue weighted by Crippen LogP contribution is 2.20. The Labute approximate surface area is 97.1 Å². The molecular weight excluding hydrogens is 194 g/mol. The first-order chi connectivity index (χ1) is 7.77. The van der Waals surface area contributed by atoms with Crippen LogP contribution in [-0.4, -0.2) is 0 Å². The molecule has 1 N–H and O–H groups in total. The largest absolute Gasteiger partial charge is 0.381 e. The van der Waals surface area contributed by atoms with Crippen LogP contribution in [0.4, 0.5) is 5.69 Å². The van der Waals surface area contributed by atoms with Crippen LogP contribution in [0.2, 0.25) is 0 Å². The fourth-order valence-corrected chi connectivity index (χ4v) is 1.88. The van der Waals surface area contributed by atoms with E-state index in [1.807, 2.05) is 6.07 Å². The number of aryl methyl sites for hydroxylation is 2. The first-order valence-electron chi connectivity index (χ1n) is 5.61. The second-order valence-electron chi connectivity index (χ2n) is 4.11. The van der Waals surface area contributed by atoms with Gasteiger partial charge in [0.15, 0.2) is 0 Å². The van der Waals surface area contributed by atoms with E-state index in [0.717, 1.165) is 6.54 Å². The Bertz CT molecular complexity index is 440. The molecule has 16 heavy (non-hydrogen) atoms. The number of rotatable bonds is 3. The lowest BCUT2D eigenvalue weighted by Gasteiger charge is -2.12. The Kier molecular flexibility index (Phi) is 3.25. The SMILES string of the molecule is Cc1cccc(C)c1NCc1ccccc1. The van der Waals surface area contributed by atoms with Gasteiger partial charge in [-0.15, -0.1) is 0 Å². The van der Waals surface area contributed by atoms with E-state index in [9.17, 15) is 0 Å². The Balaban J connectivity index is 2.11. The fourth-order valence-electron chi connectivity index (χ4n) is 1.88. The highest BCUT2D eigenvalue weighted by molar-refractivity contribution is 5.56. The smallest absolute Gasteiger partial charge is 0.0402 e. The van der Waals surface area contributed by atoms with Gasteiger partial charge in [0.2, 0.25) is 0 Å². The average Bonchev–Trinajstić information content (AvgIpc) is 2.30. The third-order valence-electron chi connectivity index (χ3n) is 2.79. The van der Waals surface area contributed by atoms with Gasteiger partial charge in [-0.05, 0) is 30.5 Å². The van der Waals surface area contributed by atoms with Gasteiger partial charge in [0.05, 0.1) is 0 Å². The molecule has 0 aliphatic carbocycles. The molecule has 0 atom stereocenters.